The van der Waals surface area contributed by atoms with Gasteiger partial charge in [0.05, 0.1) is 14.2 Å². The highest BCUT2D eigenvalue weighted by Crippen LogP contribution is 2.22. The highest BCUT2D eigenvalue weighted by Gasteiger charge is 2.10. The summed E-state index contributed by atoms with van der Waals surface area (Å²) in [6.07, 6.45) is 0. The molecule has 4 heteroatoms. The number of aliphatic hydroxyl groups is 1. The van der Waals surface area contributed by atoms with Crippen molar-refractivity contribution < 1.29 is 14.6 Å². The number of benzene rings is 1. The van der Waals surface area contributed by atoms with E-state index in [1.54, 1.807) is 14.2 Å². The van der Waals surface area contributed by atoms with Gasteiger partial charge in [-0.1, -0.05) is 6.92 Å². The maximum absolute atomic E-state index is 9.09. The highest BCUT2D eigenvalue weighted by molar-refractivity contribution is 5.38. The van der Waals surface area contributed by atoms with Crippen LogP contribution in [0, 0.1) is 5.92 Å². The normalized spacial score (nSPS) is 14.1. The Labute approximate surface area is 109 Å². The smallest absolute Gasteiger partial charge is 0.122 e. The van der Waals surface area contributed by atoms with Gasteiger partial charge in [0, 0.05) is 25.3 Å². The molecule has 0 fully saturated rings. The van der Waals surface area contributed by atoms with Gasteiger partial charge in [0.25, 0.3) is 0 Å². The molecule has 1 aromatic rings. The van der Waals surface area contributed by atoms with Crippen LogP contribution in [0.5, 0.6) is 11.5 Å². The molecule has 0 radical (unpaired) electrons. The average Bonchev–Trinajstić information content (AvgIpc) is 2.43. The Balaban J connectivity index is 2.66. The number of methoxy groups -OCH3 is 2. The second kappa shape index (κ2) is 7.24. The van der Waals surface area contributed by atoms with E-state index < -0.39 is 0 Å². The number of hydrogen-bond donors (Lipinski definition) is 2. The molecule has 0 saturated heterocycles. The summed E-state index contributed by atoms with van der Waals surface area (Å²) in [6.45, 7) is 5.00. The van der Waals surface area contributed by atoms with Gasteiger partial charge in [0.2, 0.25) is 0 Å². The fourth-order valence-corrected chi connectivity index (χ4v) is 1.61. The molecule has 0 aliphatic rings. The predicted octanol–water partition coefficient (Wildman–Crippen LogP) is 1.81. The maximum Gasteiger partial charge on any atom is 0.122 e. The molecular formula is C14H23NO3. The average molecular weight is 253 g/mol. The van der Waals surface area contributed by atoms with Crippen LogP contribution in [-0.4, -0.2) is 32.0 Å². The van der Waals surface area contributed by atoms with E-state index in [1.165, 1.54) is 0 Å². The van der Waals surface area contributed by atoms with Crippen molar-refractivity contribution in [2.45, 2.75) is 26.4 Å². The van der Waals surface area contributed by atoms with Gasteiger partial charge in [0.15, 0.2) is 0 Å². The van der Waals surface area contributed by atoms with Gasteiger partial charge < -0.3 is 19.9 Å². The largest absolute Gasteiger partial charge is 0.497 e. The third-order valence-electron chi connectivity index (χ3n) is 3.18. The van der Waals surface area contributed by atoms with Crippen LogP contribution in [0.25, 0.3) is 0 Å². The number of nitrogens with one attached hydrogen (secondary N) is 1. The van der Waals surface area contributed by atoms with Crippen LogP contribution in [0.3, 0.4) is 0 Å². The van der Waals surface area contributed by atoms with E-state index in [0.717, 1.165) is 23.6 Å². The molecule has 0 aliphatic carbocycles. The van der Waals surface area contributed by atoms with E-state index in [-0.39, 0.29) is 18.6 Å². The van der Waals surface area contributed by atoms with Crippen molar-refractivity contribution in [2.24, 2.45) is 5.92 Å². The Morgan fingerprint density at radius 2 is 1.67 bits per heavy atom. The van der Waals surface area contributed by atoms with Gasteiger partial charge in [-0.3, -0.25) is 0 Å². The summed E-state index contributed by atoms with van der Waals surface area (Å²) >= 11 is 0. The number of aliphatic hydroxyl groups excluding tert-OH is 1. The van der Waals surface area contributed by atoms with Crippen LogP contribution in [0.4, 0.5) is 0 Å². The molecule has 102 valence electrons. The van der Waals surface area contributed by atoms with Crippen LogP contribution < -0.4 is 14.8 Å². The molecule has 0 aromatic heterocycles. The molecule has 2 atom stereocenters. The van der Waals surface area contributed by atoms with Crippen LogP contribution in [0.15, 0.2) is 18.2 Å². The molecule has 1 rings (SSSR count). The molecule has 18 heavy (non-hydrogen) atoms. The summed E-state index contributed by atoms with van der Waals surface area (Å²) in [5.74, 6) is 1.81. The van der Waals surface area contributed by atoms with Crippen molar-refractivity contribution in [3.05, 3.63) is 23.8 Å². The summed E-state index contributed by atoms with van der Waals surface area (Å²) in [4.78, 5) is 0. The van der Waals surface area contributed by atoms with Crippen molar-refractivity contribution in [1.82, 2.24) is 5.32 Å². The molecule has 0 amide bonds. The lowest BCUT2D eigenvalue weighted by Gasteiger charge is -2.19. The van der Waals surface area contributed by atoms with Crippen LogP contribution in [-0.2, 0) is 6.54 Å². The third-order valence-corrected chi connectivity index (χ3v) is 3.18. The first kappa shape index (κ1) is 14.8. The fraction of sp³-hybridized carbons (Fsp3) is 0.571. The Hall–Kier alpha value is -1.26. The van der Waals surface area contributed by atoms with E-state index in [9.17, 15) is 0 Å². The van der Waals surface area contributed by atoms with Gasteiger partial charge in [0.1, 0.15) is 11.5 Å². The van der Waals surface area contributed by atoms with E-state index in [0.29, 0.717) is 0 Å². The molecule has 0 heterocycles. The van der Waals surface area contributed by atoms with Crippen LogP contribution in [0.2, 0.25) is 0 Å². The van der Waals surface area contributed by atoms with Crippen molar-refractivity contribution >= 4 is 0 Å². The highest BCUT2D eigenvalue weighted by atomic mass is 16.5. The van der Waals surface area contributed by atoms with Crippen molar-refractivity contribution in [3.8, 4) is 11.5 Å². The van der Waals surface area contributed by atoms with Crippen molar-refractivity contribution in [3.63, 3.8) is 0 Å². The minimum absolute atomic E-state index is 0.190. The number of hydrogen-bond acceptors (Lipinski definition) is 4. The summed E-state index contributed by atoms with van der Waals surface area (Å²) in [7, 11) is 3.28. The van der Waals surface area contributed by atoms with Gasteiger partial charge >= 0.3 is 0 Å². The van der Waals surface area contributed by atoms with Crippen molar-refractivity contribution in [2.75, 3.05) is 20.8 Å². The zero-order chi connectivity index (χ0) is 13.5. The zero-order valence-electron chi connectivity index (χ0n) is 11.6. The lowest BCUT2D eigenvalue weighted by molar-refractivity contribution is 0.207. The first-order valence-electron chi connectivity index (χ1n) is 6.17. The molecule has 0 spiro atoms. The standard InChI is InChI=1S/C14H23NO3/c1-10(9-16)11(2)15-8-12-5-13(17-3)7-14(6-12)18-4/h5-7,10-11,15-16H,8-9H2,1-4H3. The van der Waals surface area contributed by atoms with Crippen LogP contribution in [0.1, 0.15) is 19.4 Å². The minimum Gasteiger partial charge on any atom is -0.497 e. The van der Waals surface area contributed by atoms with E-state index >= 15 is 0 Å². The van der Waals surface area contributed by atoms with E-state index in [2.05, 4.69) is 12.2 Å². The number of ether oxygens (including phenoxy) is 2. The zero-order valence-corrected chi connectivity index (χ0v) is 11.6. The molecule has 4 nitrogen and oxygen atoms in total. The molecule has 2 unspecified atom stereocenters. The Kier molecular flexibility index (Phi) is 5.95. The molecule has 0 bridgehead atoms. The molecule has 2 N–H and O–H groups in total. The third kappa shape index (κ3) is 4.20. The van der Waals surface area contributed by atoms with Gasteiger partial charge in [-0.25, -0.2) is 0 Å². The van der Waals surface area contributed by atoms with Crippen LogP contribution >= 0.6 is 0 Å². The summed E-state index contributed by atoms with van der Waals surface area (Å²) in [5.41, 5.74) is 1.10. The molecular weight excluding hydrogens is 230 g/mol. The lowest BCUT2D eigenvalue weighted by Crippen LogP contribution is -2.33. The maximum atomic E-state index is 9.09. The quantitative estimate of drug-likeness (QED) is 0.778. The summed E-state index contributed by atoms with van der Waals surface area (Å²) < 4.78 is 10.4. The lowest BCUT2D eigenvalue weighted by atomic mass is 10.0. The summed E-state index contributed by atoms with van der Waals surface area (Å²) in [6, 6.07) is 6.06. The Morgan fingerprint density at radius 1 is 1.11 bits per heavy atom. The SMILES string of the molecule is COc1cc(CNC(C)C(C)CO)cc(OC)c1. The minimum atomic E-state index is 0.190. The molecule has 1 aromatic carbocycles. The van der Waals surface area contributed by atoms with E-state index in [4.69, 9.17) is 14.6 Å². The molecule has 0 aliphatic heterocycles. The fourth-order valence-electron chi connectivity index (χ4n) is 1.61. The second-order valence-electron chi connectivity index (χ2n) is 4.55. The number of rotatable bonds is 7. The predicted molar refractivity (Wildman–Crippen MR) is 72.1 cm³/mol. The first-order valence-corrected chi connectivity index (χ1v) is 6.17. The monoisotopic (exact) mass is 253 g/mol. The van der Waals surface area contributed by atoms with Crippen molar-refractivity contribution in [1.29, 1.82) is 0 Å². The van der Waals surface area contributed by atoms with Gasteiger partial charge in [-0.05, 0) is 30.5 Å². The van der Waals surface area contributed by atoms with E-state index in [1.807, 2.05) is 25.1 Å². The first-order chi connectivity index (χ1) is 8.60. The molecule has 0 saturated carbocycles. The Morgan fingerprint density at radius 3 is 2.11 bits per heavy atom. The topological polar surface area (TPSA) is 50.7 Å². The summed E-state index contributed by atoms with van der Waals surface area (Å²) in [5, 5.41) is 12.5. The van der Waals surface area contributed by atoms with Gasteiger partial charge in [-0.15, -0.1) is 0 Å². The second-order valence-corrected chi connectivity index (χ2v) is 4.55. The van der Waals surface area contributed by atoms with Gasteiger partial charge in [-0.2, -0.15) is 0 Å². The Bertz CT molecular complexity index is 346.